The Morgan fingerprint density at radius 3 is 2.77 bits per heavy atom. The number of ether oxygens (including phenoxy) is 2. The first-order valence-electron chi connectivity index (χ1n) is 9.87. The number of carbonyl (C=O) groups is 1. The maximum Gasteiger partial charge on any atom is 0.251 e. The van der Waals surface area contributed by atoms with Crippen LogP contribution >= 0.6 is 11.6 Å². The van der Waals surface area contributed by atoms with Crippen molar-refractivity contribution in [1.29, 1.82) is 0 Å². The highest BCUT2D eigenvalue weighted by Crippen LogP contribution is 2.32. The Labute approximate surface area is 180 Å². The van der Waals surface area contributed by atoms with Crippen molar-refractivity contribution in [3.05, 3.63) is 58.6 Å². The van der Waals surface area contributed by atoms with Crippen LogP contribution in [0.25, 0.3) is 0 Å². The van der Waals surface area contributed by atoms with Gasteiger partial charge >= 0.3 is 0 Å². The molecule has 0 saturated carbocycles. The lowest BCUT2D eigenvalue weighted by molar-refractivity contribution is 0.0924. The molecule has 160 valence electrons. The van der Waals surface area contributed by atoms with Gasteiger partial charge in [-0.25, -0.2) is 13.1 Å². The Bertz CT molecular complexity index is 1040. The van der Waals surface area contributed by atoms with Gasteiger partial charge in [0.2, 0.25) is 10.0 Å². The van der Waals surface area contributed by atoms with Crippen molar-refractivity contribution in [2.75, 3.05) is 19.8 Å². The fraction of sp³-hybridized carbons (Fsp3) is 0.381. The maximum atomic E-state index is 12.8. The molecule has 2 aliphatic rings. The predicted molar refractivity (Wildman–Crippen MR) is 112 cm³/mol. The number of rotatable bonds is 6. The van der Waals surface area contributed by atoms with Crippen molar-refractivity contribution < 1.29 is 22.7 Å². The molecule has 0 radical (unpaired) electrons. The smallest absolute Gasteiger partial charge is 0.251 e. The van der Waals surface area contributed by atoms with Gasteiger partial charge in [-0.15, -0.1) is 0 Å². The quantitative estimate of drug-likeness (QED) is 0.705. The molecular weight excluding hydrogens is 428 g/mol. The van der Waals surface area contributed by atoms with Crippen LogP contribution < -0.4 is 14.8 Å². The third-order valence-corrected chi connectivity index (χ3v) is 7.18. The van der Waals surface area contributed by atoms with Gasteiger partial charge in [-0.2, -0.15) is 0 Å². The molecule has 7 nitrogen and oxygen atoms in total. The highest BCUT2D eigenvalue weighted by Gasteiger charge is 2.26. The van der Waals surface area contributed by atoms with E-state index in [1.165, 1.54) is 18.2 Å². The summed E-state index contributed by atoms with van der Waals surface area (Å²) in [6.45, 7) is 1.31. The standard InChI is InChI=1S/C21H23ClN2O5S/c22-17-8-7-14(12-20(17)30(26,27)23-13-15-4-3-10-28-15)21(25)24-18-9-11-29-19-6-2-1-5-16(18)19/h1-2,5-8,12,15,18,23H,3-4,9-11,13H2,(H,24,25). The average molecular weight is 451 g/mol. The first kappa shape index (κ1) is 21.1. The number of hydrogen-bond acceptors (Lipinski definition) is 5. The lowest BCUT2D eigenvalue weighted by Gasteiger charge is -2.26. The number of nitrogens with one attached hydrogen (secondary N) is 2. The van der Waals surface area contributed by atoms with Crippen LogP contribution in [-0.2, 0) is 14.8 Å². The number of hydrogen-bond donors (Lipinski definition) is 2. The van der Waals surface area contributed by atoms with Gasteiger partial charge in [-0.1, -0.05) is 29.8 Å². The summed E-state index contributed by atoms with van der Waals surface area (Å²) in [6, 6.07) is 11.6. The lowest BCUT2D eigenvalue weighted by atomic mass is 10.00. The Kier molecular flexibility index (Phi) is 6.29. The molecule has 9 heteroatoms. The summed E-state index contributed by atoms with van der Waals surface area (Å²) in [5.74, 6) is 0.371. The molecule has 2 unspecified atom stereocenters. The zero-order valence-electron chi connectivity index (χ0n) is 16.3. The third kappa shape index (κ3) is 4.62. The van der Waals surface area contributed by atoms with Crippen LogP contribution in [0.2, 0.25) is 5.02 Å². The zero-order valence-corrected chi connectivity index (χ0v) is 17.8. The summed E-state index contributed by atoms with van der Waals surface area (Å²) in [4.78, 5) is 12.7. The van der Waals surface area contributed by atoms with E-state index >= 15 is 0 Å². The van der Waals surface area contributed by atoms with Gasteiger partial charge in [0.05, 0.1) is 23.8 Å². The Morgan fingerprint density at radius 1 is 1.13 bits per heavy atom. The molecule has 1 saturated heterocycles. The zero-order chi connectivity index (χ0) is 21.1. The molecule has 30 heavy (non-hydrogen) atoms. The van der Waals surface area contributed by atoms with Gasteiger partial charge in [0.1, 0.15) is 10.6 Å². The SMILES string of the molecule is O=C(NC1CCOc2ccccc21)c1ccc(Cl)c(S(=O)(=O)NCC2CCCO2)c1. The molecule has 2 heterocycles. The minimum absolute atomic E-state index is 0.0582. The van der Waals surface area contributed by atoms with Crippen molar-refractivity contribution >= 4 is 27.5 Å². The van der Waals surface area contributed by atoms with Gasteiger partial charge in [0.15, 0.2) is 0 Å². The summed E-state index contributed by atoms with van der Waals surface area (Å²) in [6.07, 6.45) is 2.21. The molecular formula is C21H23ClN2O5S. The van der Waals surface area contributed by atoms with Crippen LogP contribution in [0.3, 0.4) is 0 Å². The fourth-order valence-electron chi connectivity index (χ4n) is 3.67. The second kappa shape index (κ2) is 8.93. The normalized spacial score (nSPS) is 21.0. The van der Waals surface area contributed by atoms with E-state index in [0.717, 1.165) is 24.2 Å². The molecule has 2 aromatic carbocycles. The van der Waals surface area contributed by atoms with Gasteiger partial charge in [-0.05, 0) is 37.1 Å². The van der Waals surface area contributed by atoms with Crippen molar-refractivity contribution in [3.63, 3.8) is 0 Å². The average Bonchev–Trinajstić information content (AvgIpc) is 3.26. The molecule has 0 aromatic heterocycles. The first-order valence-corrected chi connectivity index (χ1v) is 11.7. The van der Waals surface area contributed by atoms with Gasteiger partial charge < -0.3 is 14.8 Å². The fourth-order valence-corrected chi connectivity index (χ4v) is 5.26. The van der Waals surface area contributed by atoms with Crippen molar-refractivity contribution in [1.82, 2.24) is 10.0 Å². The first-order chi connectivity index (χ1) is 14.4. The molecule has 2 N–H and O–H groups in total. The minimum Gasteiger partial charge on any atom is -0.493 e. The lowest BCUT2D eigenvalue weighted by Crippen LogP contribution is -2.33. The second-order valence-corrected chi connectivity index (χ2v) is 9.48. The van der Waals surface area contributed by atoms with Crippen LogP contribution in [0.1, 0.15) is 41.2 Å². The van der Waals surface area contributed by atoms with Gasteiger partial charge in [-0.3, -0.25) is 4.79 Å². The van der Waals surface area contributed by atoms with Crippen LogP contribution in [0.5, 0.6) is 5.75 Å². The molecule has 2 atom stereocenters. The second-order valence-electron chi connectivity index (χ2n) is 7.33. The van der Waals surface area contributed by atoms with E-state index in [1.54, 1.807) is 0 Å². The molecule has 0 aliphatic carbocycles. The van der Waals surface area contributed by atoms with E-state index < -0.39 is 10.0 Å². The molecule has 0 spiro atoms. The Morgan fingerprint density at radius 2 is 1.97 bits per heavy atom. The summed E-state index contributed by atoms with van der Waals surface area (Å²) in [7, 11) is -3.88. The number of carbonyl (C=O) groups excluding carboxylic acids is 1. The summed E-state index contributed by atoms with van der Waals surface area (Å²) >= 11 is 6.14. The molecule has 0 bridgehead atoms. The molecule has 2 aliphatic heterocycles. The summed E-state index contributed by atoms with van der Waals surface area (Å²) < 4.78 is 39.1. The minimum atomic E-state index is -3.88. The number of para-hydroxylation sites is 1. The van der Waals surface area contributed by atoms with E-state index in [0.29, 0.717) is 19.6 Å². The molecule has 1 fully saturated rings. The van der Waals surface area contributed by atoms with Crippen LogP contribution in [0.4, 0.5) is 0 Å². The van der Waals surface area contributed by atoms with E-state index in [1.807, 2.05) is 24.3 Å². The van der Waals surface area contributed by atoms with Gasteiger partial charge in [0, 0.05) is 30.7 Å². The van der Waals surface area contributed by atoms with Crippen molar-refractivity contribution in [3.8, 4) is 5.75 Å². The van der Waals surface area contributed by atoms with E-state index in [9.17, 15) is 13.2 Å². The van der Waals surface area contributed by atoms with Crippen molar-refractivity contribution in [2.45, 2.75) is 36.3 Å². The maximum absolute atomic E-state index is 12.8. The molecule has 2 aromatic rings. The van der Waals surface area contributed by atoms with Crippen LogP contribution in [-0.4, -0.2) is 40.2 Å². The summed E-state index contributed by atoms with van der Waals surface area (Å²) in [5.41, 5.74) is 1.12. The number of fused-ring (bicyclic) bond motifs is 1. The highest BCUT2D eigenvalue weighted by molar-refractivity contribution is 7.89. The van der Waals surface area contributed by atoms with Crippen LogP contribution in [0.15, 0.2) is 47.4 Å². The monoisotopic (exact) mass is 450 g/mol. The molecule has 4 rings (SSSR count). The van der Waals surface area contributed by atoms with E-state index in [-0.39, 0.29) is 40.1 Å². The topological polar surface area (TPSA) is 93.7 Å². The number of halogens is 1. The Balaban J connectivity index is 1.50. The highest BCUT2D eigenvalue weighted by atomic mass is 35.5. The molecule has 1 amide bonds. The number of amides is 1. The van der Waals surface area contributed by atoms with Crippen LogP contribution in [0, 0.1) is 0 Å². The van der Waals surface area contributed by atoms with E-state index in [2.05, 4.69) is 10.0 Å². The largest absolute Gasteiger partial charge is 0.493 e. The summed E-state index contributed by atoms with van der Waals surface area (Å²) in [5, 5.41) is 3.03. The van der Waals surface area contributed by atoms with E-state index in [4.69, 9.17) is 21.1 Å². The van der Waals surface area contributed by atoms with Gasteiger partial charge in [0.25, 0.3) is 5.91 Å². The van der Waals surface area contributed by atoms with Crippen molar-refractivity contribution in [2.24, 2.45) is 0 Å². The predicted octanol–water partition coefficient (Wildman–Crippen LogP) is 3.05. The Hall–Kier alpha value is -2.13. The number of sulfonamides is 1. The third-order valence-electron chi connectivity index (χ3n) is 5.27. The number of benzene rings is 2.